The van der Waals surface area contributed by atoms with E-state index in [4.69, 9.17) is 14.2 Å². The number of carbonyl (C=O) groups is 1. The molecule has 47 heavy (non-hydrogen) atoms. The lowest BCUT2D eigenvalue weighted by Gasteiger charge is -2.50. The van der Waals surface area contributed by atoms with Crippen LogP contribution in [0, 0.1) is 17.7 Å². The number of benzene rings is 2. The monoisotopic (exact) mass is 672 g/mol. The zero-order valence-corrected chi connectivity index (χ0v) is 28.5. The van der Waals surface area contributed by atoms with Crippen LogP contribution in [0.25, 0.3) is 0 Å². The predicted octanol–water partition coefficient (Wildman–Crippen LogP) is 6.91. The van der Waals surface area contributed by atoms with E-state index in [9.17, 15) is 17.6 Å². The maximum atomic E-state index is 14.9. The first-order valence-electron chi connectivity index (χ1n) is 17.7. The van der Waals surface area contributed by atoms with Crippen LogP contribution in [0.4, 0.5) is 9.18 Å². The molecular formula is C37H53FN2O6S. The number of ether oxygens (including phenoxy) is 3. The van der Waals surface area contributed by atoms with Gasteiger partial charge in [-0.05, 0) is 144 Å². The topological polar surface area (TPSA) is 94.2 Å². The van der Waals surface area contributed by atoms with Gasteiger partial charge in [0.1, 0.15) is 18.2 Å². The molecule has 260 valence electrons. The molecule has 2 aromatic carbocycles. The zero-order valence-electron chi connectivity index (χ0n) is 27.7. The first kappa shape index (κ1) is 34.2. The summed E-state index contributed by atoms with van der Waals surface area (Å²) in [6, 6.07) is 14.0. The number of rotatable bonds is 15. The number of carbonyl (C=O) groups excluding carboxylic acids is 1. The zero-order chi connectivity index (χ0) is 32.9. The minimum Gasteiger partial charge on any atom is -0.491 e. The molecule has 0 spiro atoms. The number of hydrogen-bond acceptors (Lipinski definition) is 7. The molecule has 4 fully saturated rings. The van der Waals surface area contributed by atoms with Crippen LogP contribution in [-0.2, 0) is 24.7 Å². The van der Waals surface area contributed by atoms with Crippen molar-refractivity contribution >= 4 is 15.9 Å². The number of sulfone groups is 1. The fourth-order valence-corrected chi connectivity index (χ4v) is 10.3. The van der Waals surface area contributed by atoms with Crippen molar-refractivity contribution in [1.82, 2.24) is 10.2 Å². The van der Waals surface area contributed by atoms with Gasteiger partial charge in [-0.15, -0.1) is 0 Å². The highest BCUT2D eigenvalue weighted by atomic mass is 32.2. The molecule has 1 unspecified atom stereocenters. The van der Waals surface area contributed by atoms with E-state index in [1.54, 1.807) is 30.3 Å². The maximum absolute atomic E-state index is 14.9. The molecule has 0 aromatic heterocycles. The van der Waals surface area contributed by atoms with E-state index in [0.29, 0.717) is 29.8 Å². The molecule has 6 rings (SSSR count). The summed E-state index contributed by atoms with van der Waals surface area (Å²) in [5.41, 5.74) is 0.806. The molecular weight excluding hydrogens is 619 g/mol. The maximum Gasteiger partial charge on any atom is 0.407 e. The van der Waals surface area contributed by atoms with Crippen LogP contribution in [0.3, 0.4) is 0 Å². The van der Waals surface area contributed by atoms with Crippen molar-refractivity contribution in [3.8, 4) is 5.75 Å². The van der Waals surface area contributed by atoms with Crippen molar-refractivity contribution in [3.63, 3.8) is 0 Å². The Balaban J connectivity index is 0.00000451. The molecule has 1 heterocycles. The number of methoxy groups -OCH3 is 1. The van der Waals surface area contributed by atoms with Gasteiger partial charge in [-0.25, -0.2) is 17.6 Å². The molecule has 1 N–H and O–H groups in total. The third-order valence-electron chi connectivity index (χ3n) is 11.3. The lowest BCUT2D eigenvalue weighted by molar-refractivity contribution is -0.0144. The largest absolute Gasteiger partial charge is 0.491 e. The van der Waals surface area contributed by atoms with Crippen LogP contribution in [-0.4, -0.2) is 76.8 Å². The quantitative estimate of drug-likeness (QED) is 0.206. The van der Waals surface area contributed by atoms with Crippen LogP contribution in [0.1, 0.15) is 84.0 Å². The molecule has 10 heteroatoms. The van der Waals surface area contributed by atoms with Crippen molar-refractivity contribution in [2.45, 2.75) is 105 Å². The summed E-state index contributed by atoms with van der Waals surface area (Å²) in [5, 5.41) is 2.95. The number of hydrogen-bond donors (Lipinski definition) is 1. The number of nitrogens with one attached hydrogen (secondary N) is 1. The second kappa shape index (κ2) is 15.2. The second-order valence-electron chi connectivity index (χ2n) is 14.0. The molecule has 3 aliphatic carbocycles. The van der Waals surface area contributed by atoms with Crippen molar-refractivity contribution in [2.75, 3.05) is 40.0 Å². The molecule has 1 saturated heterocycles. The second-order valence-corrected chi connectivity index (χ2v) is 16.3. The Labute approximate surface area is 281 Å². The number of amides is 1. The van der Waals surface area contributed by atoms with Crippen LogP contribution >= 0.6 is 0 Å². The van der Waals surface area contributed by atoms with E-state index in [1.165, 1.54) is 19.6 Å². The Morgan fingerprint density at radius 3 is 2.40 bits per heavy atom. The summed E-state index contributed by atoms with van der Waals surface area (Å²) in [6.07, 6.45) is 11.2. The molecule has 2 aromatic rings. The summed E-state index contributed by atoms with van der Waals surface area (Å²) in [7, 11) is -1.79. The van der Waals surface area contributed by atoms with Gasteiger partial charge in [-0.3, -0.25) is 0 Å². The highest BCUT2D eigenvalue weighted by Crippen LogP contribution is 2.54. The number of likely N-dealkylation sites (tertiary alicyclic amines) is 1. The van der Waals surface area contributed by atoms with Gasteiger partial charge in [0.05, 0.1) is 30.0 Å². The Hall–Kier alpha value is -2.69. The van der Waals surface area contributed by atoms with Gasteiger partial charge in [0, 0.05) is 12.9 Å². The van der Waals surface area contributed by atoms with Crippen molar-refractivity contribution < 1.29 is 33.2 Å². The van der Waals surface area contributed by atoms with E-state index in [0.717, 1.165) is 95.8 Å². The van der Waals surface area contributed by atoms with Gasteiger partial charge < -0.3 is 24.4 Å². The first-order valence-corrected chi connectivity index (χ1v) is 19.3. The van der Waals surface area contributed by atoms with Crippen LogP contribution in [0.5, 0.6) is 5.75 Å². The van der Waals surface area contributed by atoms with Gasteiger partial charge in [-0.1, -0.05) is 18.6 Å². The fraction of sp³-hybridized carbons (Fsp3) is 0.649. The Bertz CT molecular complexity index is 1450. The molecule has 3 saturated carbocycles. The minimum atomic E-state index is -3.21. The van der Waals surface area contributed by atoms with E-state index in [1.807, 2.05) is 6.07 Å². The summed E-state index contributed by atoms with van der Waals surface area (Å²) >= 11 is 0. The Morgan fingerprint density at radius 1 is 0.979 bits per heavy atom. The smallest absolute Gasteiger partial charge is 0.407 e. The lowest BCUT2D eigenvalue weighted by Crippen LogP contribution is -2.52. The van der Waals surface area contributed by atoms with E-state index < -0.39 is 15.9 Å². The standard InChI is InChI=1S/C37H51FN2O6S.H2/c1-44-36(41)39-35-9-3-8-34(35)37(20-4-21-40-22-5-23-40,28-6-2-7-29(38)26-28)27-10-12-30(13-11-27)45-24-25-46-31-14-16-32(17-15-31)47(42,43)33-18-19-33;/h2,6-7,14-17,26-27,30,33-35H,3-5,8-13,18-25H2,1H3,(H,39,41);1H/t27?,30?,34-,35-,37?;/m0./s1. The highest BCUT2D eigenvalue weighted by Gasteiger charge is 2.51. The SMILES string of the molecule is COC(=O)N[C@H]1CCC[C@@H]1C(CCCN1CCC1)(c1cccc(F)c1)C1CCC(OCCOc2ccc(S(=O)(=O)C3CC3)cc2)CC1.[HH]. The molecule has 0 radical (unpaired) electrons. The normalized spacial score (nSPS) is 26.3. The summed E-state index contributed by atoms with van der Waals surface area (Å²) < 4.78 is 57.1. The highest BCUT2D eigenvalue weighted by molar-refractivity contribution is 7.92. The fourth-order valence-electron chi connectivity index (χ4n) is 8.64. The summed E-state index contributed by atoms with van der Waals surface area (Å²) in [6.45, 7) is 4.21. The average molecular weight is 673 g/mol. The number of halogens is 1. The summed E-state index contributed by atoms with van der Waals surface area (Å²) in [4.78, 5) is 15.3. The van der Waals surface area contributed by atoms with Crippen LogP contribution in [0.15, 0.2) is 53.4 Å². The van der Waals surface area contributed by atoms with Gasteiger partial charge in [0.2, 0.25) is 0 Å². The van der Waals surface area contributed by atoms with Crippen LogP contribution < -0.4 is 10.1 Å². The van der Waals surface area contributed by atoms with Gasteiger partial charge in [-0.2, -0.15) is 0 Å². The Morgan fingerprint density at radius 2 is 1.74 bits per heavy atom. The average Bonchev–Trinajstić information content (AvgIpc) is 3.83. The Kier molecular flexibility index (Phi) is 11.1. The number of alkyl carbamates (subject to hydrolysis) is 1. The molecule has 8 nitrogen and oxygen atoms in total. The van der Waals surface area contributed by atoms with Crippen molar-refractivity contribution in [2.24, 2.45) is 11.8 Å². The van der Waals surface area contributed by atoms with E-state index in [-0.39, 0.29) is 36.0 Å². The van der Waals surface area contributed by atoms with Gasteiger partial charge in [0.25, 0.3) is 0 Å². The predicted molar refractivity (Wildman–Crippen MR) is 181 cm³/mol. The lowest BCUT2D eigenvalue weighted by atomic mass is 9.55. The molecule has 0 bridgehead atoms. The van der Waals surface area contributed by atoms with Crippen molar-refractivity contribution in [3.05, 3.63) is 59.9 Å². The van der Waals surface area contributed by atoms with Crippen LogP contribution in [0.2, 0.25) is 0 Å². The third-order valence-corrected chi connectivity index (χ3v) is 13.5. The van der Waals surface area contributed by atoms with E-state index >= 15 is 0 Å². The summed E-state index contributed by atoms with van der Waals surface area (Å²) in [5.74, 6) is 0.965. The third kappa shape index (κ3) is 7.97. The van der Waals surface area contributed by atoms with Gasteiger partial charge in [0.15, 0.2) is 9.84 Å². The van der Waals surface area contributed by atoms with Crippen molar-refractivity contribution in [1.29, 1.82) is 0 Å². The van der Waals surface area contributed by atoms with Gasteiger partial charge >= 0.3 is 6.09 Å². The molecule has 1 aliphatic heterocycles. The minimum absolute atomic E-state index is 0. The molecule has 1 amide bonds. The molecule has 4 aliphatic rings. The first-order chi connectivity index (χ1) is 22.8. The number of nitrogens with zero attached hydrogens (tertiary/aromatic N) is 1. The van der Waals surface area contributed by atoms with E-state index in [2.05, 4.69) is 16.3 Å². The molecule has 3 atom stereocenters.